The van der Waals surface area contributed by atoms with Gasteiger partial charge in [-0.3, -0.25) is 0 Å². The van der Waals surface area contributed by atoms with E-state index in [1.54, 1.807) is 11.1 Å². The molecule has 6 saturated heterocycles. The van der Waals surface area contributed by atoms with Crippen molar-refractivity contribution in [2.75, 3.05) is 20.0 Å². The first kappa shape index (κ1) is 25.6. The number of thioether (sulfide) groups is 1. The van der Waals surface area contributed by atoms with Gasteiger partial charge in [0.25, 0.3) is 0 Å². The van der Waals surface area contributed by atoms with E-state index in [2.05, 4.69) is 13.5 Å². The zero-order valence-electron chi connectivity index (χ0n) is 22.3. The van der Waals surface area contributed by atoms with E-state index in [-0.39, 0.29) is 36.6 Å². The molecule has 9 unspecified atom stereocenters. The van der Waals surface area contributed by atoms with Crippen LogP contribution in [0.1, 0.15) is 77.6 Å². The van der Waals surface area contributed by atoms with E-state index in [1.807, 2.05) is 11.8 Å². The van der Waals surface area contributed by atoms with Crippen LogP contribution in [0.25, 0.3) is 0 Å². The quantitative estimate of drug-likeness (QED) is 0.391. The SMILES string of the molecule is C=C1COC(CCCC2SC3C4OC5CCC(CC(CC6CCO[C@H]6C)=C6CC6)O[C@H]5C3OCOC24)C1. The third kappa shape index (κ3) is 5.36. The lowest BCUT2D eigenvalue weighted by Crippen LogP contribution is -2.60. The Morgan fingerprint density at radius 2 is 1.78 bits per heavy atom. The first-order chi connectivity index (χ1) is 18.1. The molecule has 7 aliphatic rings. The highest BCUT2D eigenvalue weighted by Gasteiger charge is 2.59. The maximum atomic E-state index is 6.87. The summed E-state index contributed by atoms with van der Waals surface area (Å²) in [6.07, 6.45) is 14.1. The van der Waals surface area contributed by atoms with Gasteiger partial charge in [0.15, 0.2) is 0 Å². The summed E-state index contributed by atoms with van der Waals surface area (Å²) in [4.78, 5) is 0. The monoisotopic (exact) mass is 532 g/mol. The summed E-state index contributed by atoms with van der Waals surface area (Å²) in [6.45, 7) is 8.34. The number of hydrogen-bond acceptors (Lipinski definition) is 7. The summed E-state index contributed by atoms with van der Waals surface area (Å²) < 4.78 is 38.0. The number of hydrogen-bond donors (Lipinski definition) is 0. The second-order valence-corrected chi connectivity index (χ2v) is 13.9. The molecule has 7 rings (SSSR count). The maximum Gasteiger partial charge on any atom is 0.147 e. The van der Waals surface area contributed by atoms with Crippen molar-refractivity contribution in [3.05, 3.63) is 23.3 Å². The second-order valence-electron chi connectivity index (χ2n) is 12.5. The Kier molecular flexibility index (Phi) is 7.51. The van der Waals surface area contributed by atoms with E-state index in [0.29, 0.717) is 35.4 Å². The van der Waals surface area contributed by atoms with Crippen LogP contribution in [0, 0.1) is 5.92 Å². The van der Waals surface area contributed by atoms with Crippen LogP contribution in [0.4, 0.5) is 0 Å². The van der Waals surface area contributed by atoms with Gasteiger partial charge in [0.05, 0.1) is 48.5 Å². The average molecular weight is 533 g/mol. The molecule has 4 bridgehead atoms. The Labute approximate surface area is 226 Å². The Morgan fingerprint density at radius 3 is 2.57 bits per heavy atom. The van der Waals surface area contributed by atoms with Crippen LogP contribution in [0.2, 0.25) is 0 Å². The largest absolute Gasteiger partial charge is 0.378 e. The summed E-state index contributed by atoms with van der Waals surface area (Å²) in [6, 6.07) is 0. The summed E-state index contributed by atoms with van der Waals surface area (Å²) in [5.74, 6) is 0.670. The van der Waals surface area contributed by atoms with E-state index in [9.17, 15) is 0 Å². The van der Waals surface area contributed by atoms with Crippen molar-refractivity contribution in [2.45, 2.75) is 137 Å². The molecule has 206 valence electrons. The normalized spacial score (nSPS) is 46.7. The van der Waals surface area contributed by atoms with Crippen molar-refractivity contribution in [3.8, 4) is 0 Å². The standard InChI is InChI=1S/C30H44O6S/c1-17-12-22(32-15-17)4-3-5-25-27-29-30(37-25)28(34-16-33-27)26-24(36-29)9-8-23(35-26)14-21(19-6-7-19)13-20-10-11-31-18(20)2/h18,20,22-30H,1,3-16H2,2H3/t18-,20?,22?,23?,24?,25?,26+,27?,28?,29?,30?/m0/s1. The lowest BCUT2D eigenvalue weighted by molar-refractivity contribution is -0.225. The lowest BCUT2D eigenvalue weighted by atomic mass is 9.85. The highest BCUT2D eigenvalue weighted by atomic mass is 32.2. The average Bonchev–Trinajstić information content (AvgIpc) is 3.43. The molecule has 0 aromatic rings. The van der Waals surface area contributed by atoms with E-state index in [0.717, 1.165) is 58.2 Å². The third-order valence-corrected chi connectivity index (χ3v) is 11.6. The summed E-state index contributed by atoms with van der Waals surface area (Å²) in [5.41, 5.74) is 4.59. The van der Waals surface area contributed by atoms with E-state index in [1.165, 1.54) is 31.3 Å². The van der Waals surface area contributed by atoms with Gasteiger partial charge in [0.1, 0.15) is 19.0 Å². The topological polar surface area (TPSA) is 55.4 Å². The number of rotatable bonds is 8. The summed E-state index contributed by atoms with van der Waals surface area (Å²) in [7, 11) is 0. The molecule has 7 fully saturated rings. The molecule has 11 atom stereocenters. The highest BCUT2D eigenvalue weighted by Crippen LogP contribution is 2.51. The number of fused-ring (bicyclic) bond motifs is 2. The van der Waals surface area contributed by atoms with Crippen molar-refractivity contribution >= 4 is 11.8 Å². The van der Waals surface area contributed by atoms with Crippen LogP contribution < -0.4 is 0 Å². The van der Waals surface area contributed by atoms with Crippen molar-refractivity contribution < 1.29 is 28.4 Å². The molecule has 0 radical (unpaired) electrons. The molecule has 6 aliphatic heterocycles. The molecule has 6 nitrogen and oxygen atoms in total. The fourth-order valence-corrected chi connectivity index (χ4v) is 9.55. The fraction of sp³-hybridized carbons (Fsp3) is 0.867. The molecule has 37 heavy (non-hydrogen) atoms. The molecule has 0 aromatic heterocycles. The molecule has 6 heterocycles. The second kappa shape index (κ2) is 10.9. The summed E-state index contributed by atoms with van der Waals surface area (Å²) in [5, 5.41) is 0.765. The zero-order chi connectivity index (χ0) is 24.9. The molecular weight excluding hydrogens is 488 g/mol. The Morgan fingerprint density at radius 1 is 0.892 bits per heavy atom. The molecule has 1 saturated carbocycles. The van der Waals surface area contributed by atoms with Crippen molar-refractivity contribution in [1.82, 2.24) is 0 Å². The predicted octanol–water partition coefficient (Wildman–Crippen LogP) is 5.34. The Bertz CT molecular complexity index is 885. The third-order valence-electron chi connectivity index (χ3n) is 9.91. The highest BCUT2D eigenvalue weighted by molar-refractivity contribution is 8.01. The minimum atomic E-state index is 0.0192. The molecule has 7 heteroatoms. The molecule has 0 spiro atoms. The van der Waals surface area contributed by atoms with Crippen molar-refractivity contribution in [1.29, 1.82) is 0 Å². The van der Waals surface area contributed by atoms with Crippen LogP contribution in [0.5, 0.6) is 0 Å². The molecule has 0 N–H and O–H groups in total. The number of ether oxygens (including phenoxy) is 6. The maximum absolute atomic E-state index is 6.87. The van der Waals surface area contributed by atoms with Gasteiger partial charge in [-0.05, 0) is 89.0 Å². The van der Waals surface area contributed by atoms with Crippen LogP contribution in [0.15, 0.2) is 23.3 Å². The van der Waals surface area contributed by atoms with Gasteiger partial charge < -0.3 is 28.4 Å². The predicted molar refractivity (Wildman–Crippen MR) is 143 cm³/mol. The van der Waals surface area contributed by atoms with Gasteiger partial charge in [0.2, 0.25) is 0 Å². The minimum absolute atomic E-state index is 0.0192. The van der Waals surface area contributed by atoms with E-state index < -0.39 is 0 Å². The first-order valence-electron chi connectivity index (χ1n) is 14.9. The zero-order valence-corrected chi connectivity index (χ0v) is 23.1. The van der Waals surface area contributed by atoms with Gasteiger partial charge in [0, 0.05) is 11.9 Å². The molecule has 1 aliphatic carbocycles. The van der Waals surface area contributed by atoms with Crippen LogP contribution in [0.3, 0.4) is 0 Å². The van der Waals surface area contributed by atoms with Crippen molar-refractivity contribution in [3.63, 3.8) is 0 Å². The lowest BCUT2D eigenvalue weighted by Gasteiger charge is -2.47. The van der Waals surface area contributed by atoms with Gasteiger partial charge >= 0.3 is 0 Å². The van der Waals surface area contributed by atoms with Crippen molar-refractivity contribution in [2.24, 2.45) is 5.92 Å². The van der Waals surface area contributed by atoms with Gasteiger partial charge in [-0.2, -0.15) is 0 Å². The Hall–Kier alpha value is -0.410. The summed E-state index contributed by atoms with van der Waals surface area (Å²) >= 11 is 2.04. The van der Waals surface area contributed by atoms with E-state index >= 15 is 0 Å². The number of allylic oxidation sites excluding steroid dienone is 1. The Balaban J connectivity index is 0.974. The molecule has 0 aromatic carbocycles. The van der Waals surface area contributed by atoms with Crippen LogP contribution in [-0.2, 0) is 28.4 Å². The van der Waals surface area contributed by atoms with Gasteiger partial charge in [-0.15, -0.1) is 11.8 Å². The smallest absolute Gasteiger partial charge is 0.147 e. The minimum Gasteiger partial charge on any atom is -0.378 e. The van der Waals surface area contributed by atoms with E-state index in [4.69, 9.17) is 28.4 Å². The first-order valence-corrected chi connectivity index (χ1v) is 15.9. The fourth-order valence-electron chi connectivity index (χ4n) is 7.69. The van der Waals surface area contributed by atoms with Crippen LogP contribution >= 0.6 is 11.8 Å². The molecular formula is C30H44O6S. The molecule has 0 amide bonds. The van der Waals surface area contributed by atoms with Gasteiger partial charge in [-0.25, -0.2) is 0 Å². The van der Waals surface area contributed by atoms with Crippen LogP contribution in [-0.4, -0.2) is 79.3 Å². The van der Waals surface area contributed by atoms with Gasteiger partial charge in [-0.1, -0.05) is 17.7 Å².